The lowest BCUT2D eigenvalue weighted by atomic mass is 10.1. The van der Waals surface area contributed by atoms with Crippen LogP contribution in [0.15, 0.2) is 76.6 Å². The fraction of sp³-hybridized carbons (Fsp3) is 0.0455. The van der Waals surface area contributed by atoms with E-state index in [2.05, 4.69) is 10.5 Å². The molecular weight excluding hydrogens is 409 g/mol. The van der Waals surface area contributed by atoms with Crippen LogP contribution in [0.25, 0.3) is 21.8 Å². The summed E-state index contributed by atoms with van der Waals surface area (Å²) in [6.45, 7) is 0.0139. The SMILES string of the molecule is O=C(Cn1c2ccccc2c(=O)c2ccccc21)N/N=C/c1ccc(Cl)c(Cl)c1. The van der Waals surface area contributed by atoms with Crippen LogP contribution >= 0.6 is 23.2 Å². The van der Waals surface area contributed by atoms with Gasteiger partial charge in [0.05, 0.1) is 27.3 Å². The van der Waals surface area contributed by atoms with E-state index in [-0.39, 0.29) is 17.9 Å². The number of hydrogen-bond donors (Lipinski definition) is 1. The van der Waals surface area contributed by atoms with Crippen molar-refractivity contribution in [3.8, 4) is 0 Å². The summed E-state index contributed by atoms with van der Waals surface area (Å²) in [5.41, 5.74) is 4.56. The summed E-state index contributed by atoms with van der Waals surface area (Å²) in [7, 11) is 0. The Morgan fingerprint density at radius 2 is 1.55 bits per heavy atom. The number of carbonyl (C=O) groups excluding carboxylic acids is 1. The number of halogens is 2. The van der Waals surface area contributed by atoms with Crippen molar-refractivity contribution in [1.82, 2.24) is 9.99 Å². The van der Waals surface area contributed by atoms with Crippen LogP contribution in [-0.4, -0.2) is 16.7 Å². The second kappa shape index (κ2) is 8.07. The smallest absolute Gasteiger partial charge is 0.260 e. The Morgan fingerprint density at radius 3 is 2.17 bits per heavy atom. The first kappa shape index (κ1) is 19.2. The number of hydrogen-bond acceptors (Lipinski definition) is 3. The van der Waals surface area contributed by atoms with E-state index in [1.807, 2.05) is 41.0 Å². The van der Waals surface area contributed by atoms with Crippen LogP contribution in [0.2, 0.25) is 10.0 Å². The largest absolute Gasteiger partial charge is 0.331 e. The number of fused-ring (bicyclic) bond motifs is 2. The van der Waals surface area contributed by atoms with E-state index in [1.54, 1.807) is 30.3 Å². The summed E-state index contributed by atoms with van der Waals surface area (Å²) in [4.78, 5) is 25.3. The van der Waals surface area contributed by atoms with E-state index in [1.165, 1.54) is 6.21 Å². The Kier molecular flexibility index (Phi) is 5.34. The van der Waals surface area contributed by atoms with Crippen LogP contribution < -0.4 is 10.9 Å². The van der Waals surface area contributed by atoms with Crippen LogP contribution in [0, 0.1) is 0 Å². The number of benzene rings is 3. The third-order valence-electron chi connectivity index (χ3n) is 4.53. The zero-order valence-corrected chi connectivity index (χ0v) is 16.6. The van der Waals surface area contributed by atoms with Gasteiger partial charge in [-0.25, -0.2) is 5.43 Å². The number of para-hydroxylation sites is 2. The molecule has 3 aromatic carbocycles. The molecule has 144 valence electrons. The standard InChI is InChI=1S/C22H15Cl2N3O2/c23-17-10-9-14(11-18(17)24)12-25-26-21(28)13-27-19-7-3-1-5-15(19)22(29)16-6-2-4-8-20(16)27/h1-12H,13H2,(H,26,28)/b25-12+. The highest BCUT2D eigenvalue weighted by atomic mass is 35.5. The molecule has 4 aromatic rings. The fourth-order valence-electron chi connectivity index (χ4n) is 3.20. The quantitative estimate of drug-likeness (QED) is 0.295. The first-order valence-electron chi connectivity index (χ1n) is 8.82. The van der Waals surface area contributed by atoms with Crippen molar-refractivity contribution < 1.29 is 4.79 Å². The van der Waals surface area contributed by atoms with Crippen molar-refractivity contribution in [3.63, 3.8) is 0 Å². The molecule has 1 heterocycles. The number of nitrogens with one attached hydrogen (secondary N) is 1. The summed E-state index contributed by atoms with van der Waals surface area (Å²) >= 11 is 11.9. The molecule has 0 saturated heterocycles. The molecule has 1 aromatic heterocycles. The summed E-state index contributed by atoms with van der Waals surface area (Å²) in [5, 5.41) is 5.98. The first-order chi connectivity index (χ1) is 14.0. The van der Waals surface area contributed by atoms with Crippen molar-refractivity contribution >= 4 is 57.1 Å². The van der Waals surface area contributed by atoms with Gasteiger partial charge in [0.15, 0.2) is 5.43 Å². The molecule has 0 spiro atoms. The average molecular weight is 424 g/mol. The molecule has 29 heavy (non-hydrogen) atoms. The van der Waals surface area contributed by atoms with Gasteiger partial charge in [0, 0.05) is 10.8 Å². The van der Waals surface area contributed by atoms with E-state index >= 15 is 0 Å². The van der Waals surface area contributed by atoms with Crippen LogP contribution in [0.5, 0.6) is 0 Å². The lowest BCUT2D eigenvalue weighted by Gasteiger charge is -2.14. The van der Waals surface area contributed by atoms with Crippen molar-refractivity contribution in [3.05, 3.63) is 92.6 Å². The van der Waals surface area contributed by atoms with Gasteiger partial charge in [-0.05, 0) is 42.0 Å². The van der Waals surface area contributed by atoms with Gasteiger partial charge in [-0.3, -0.25) is 9.59 Å². The van der Waals surface area contributed by atoms with Gasteiger partial charge >= 0.3 is 0 Å². The minimum absolute atomic E-state index is 0.0139. The second-order valence-electron chi connectivity index (χ2n) is 6.42. The average Bonchev–Trinajstić information content (AvgIpc) is 2.74. The Balaban J connectivity index is 1.64. The molecule has 0 saturated carbocycles. The zero-order chi connectivity index (χ0) is 20.4. The molecule has 0 aliphatic carbocycles. The maximum atomic E-state index is 12.7. The molecule has 0 unspecified atom stereocenters. The van der Waals surface area contributed by atoms with Gasteiger partial charge in [0.2, 0.25) is 0 Å². The van der Waals surface area contributed by atoms with Gasteiger partial charge < -0.3 is 4.57 Å². The number of carbonyl (C=O) groups is 1. The molecule has 4 rings (SSSR count). The molecule has 1 amide bonds. The Hall–Kier alpha value is -3.15. The van der Waals surface area contributed by atoms with E-state index in [9.17, 15) is 9.59 Å². The van der Waals surface area contributed by atoms with Crippen molar-refractivity contribution in [2.45, 2.75) is 6.54 Å². The summed E-state index contributed by atoms with van der Waals surface area (Å²) in [5.74, 6) is -0.319. The number of pyridine rings is 1. The number of aromatic nitrogens is 1. The molecule has 7 heteroatoms. The predicted octanol–water partition coefficient (Wildman–Crippen LogP) is 4.61. The Bertz CT molecular complexity index is 1270. The Morgan fingerprint density at radius 1 is 0.931 bits per heavy atom. The van der Waals surface area contributed by atoms with E-state index < -0.39 is 0 Å². The number of amides is 1. The highest BCUT2D eigenvalue weighted by Gasteiger charge is 2.12. The third-order valence-corrected chi connectivity index (χ3v) is 5.27. The highest BCUT2D eigenvalue weighted by Crippen LogP contribution is 2.22. The van der Waals surface area contributed by atoms with Crippen LogP contribution in [-0.2, 0) is 11.3 Å². The van der Waals surface area contributed by atoms with Crippen molar-refractivity contribution in [2.24, 2.45) is 5.10 Å². The summed E-state index contributed by atoms with van der Waals surface area (Å²) in [6, 6.07) is 19.5. The third kappa shape index (κ3) is 3.88. The minimum Gasteiger partial charge on any atom is -0.331 e. The summed E-state index contributed by atoms with van der Waals surface area (Å²) in [6.07, 6.45) is 1.49. The van der Waals surface area contributed by atoms with Crippen molar-refractivity contribution in [1.29, 1.82) is 0 Å². The van der Waals surface area contributed by atoms with Gasteiger partial charge in [-0.2, -0.15) is 5.10 Å². The molecule has 0 aliphatic heterocycles. The predicted molar refractivity (Wildman–Crippen MR) is 118 cm³/mol. The monoisotopic (exact) mass is 423 g/mol. The zero-order valence-electron chi connectivity index (χ0n) is 15.1. The van der Waals surface area contributed by atoms with E-state index in [0.717, 1.165) is 0 Å². The van der Waals surface area contributed by atoms with Gasteiger partial charge in [0.25, 0.3) is 5.91 Å². The molecule has 0 bridgehead atoms. The van der Waals surface area contributed by atoms with Gasteiger partial charge in [0.1, 0.15) is 6.54 Å². The van der Waals surface area contributed by atoms with Crippen molar-refractivity contribution in [2.75, 3.05) is 0 Å². The number of hydrazone groups is 1. The molecular formula is C22H15Cl2N3O2. The lowest BCUT2D eigenvalue weighted by molar-refractivity contribution is -0.121. The topological polar surface area (TPSA) is 63.5 Å². The fourth-order valence-corrected chi connectivity index (χ4v) is 3.50. The highest BCUT2D eigenvalue weighted by molar-refractivity contribution is 6.42. The van der Waals surface area contributed by atoms with Crippen LogP contribution in [0.3, 0.4) is 0 Å². The molecule has 0 atom stereocenters. The summed E-state index contributed by atoms with van der Waals surface area (Å²) < 4.78 is 1.82. The molecule has 0 fully saturated rings. The number of rotatable bonds is 4. The van der Waals surface area contributed by atoms with Crippen LogP contribution in [0.4, 0.5) is 0 Å². The van der Waals surface area contributed by atoms with Gasteiger partial charge in [-0.15, -0.1) is 0 Å². The molecule has 0 aliphatic rings. The molecule has 0 radical (unpaired) electrons. The van der Waals surface area contributed by atoms with E-state index in [0.29, 0.717) is 37.4 Å². The second-order valence-corrected chi connectivity index (χ2v) is 7.23. The minimum atomic E-state index is -0.319. The first-order valence-corrected chi connectivity index (χ1v) is 9.57. The molecule has 1 N–H and O–H groups in total. The van der Waals surface area contributed by atoms with Gasteiger partial charge in [-0.1, -0.05) is 53.5 Å². The normalized spacial score (nSPS) is 11.4. The lowest BCUT2D eigenvalue weighted by Crippen LogP contribution is -2.25. The molecule has 5 nitrogen and oxygen atoms in total. The maximum absolute atomic E-state index is 12.7. The van der Waals surface area contributed by atoms with E-state index in [4.69, 9.17) is 23.2 Å². The van der Waals surface area contributed by atoms with Crippen LogP contribution in [0.1, 0.15) is 5.56 Å². The number of nitrogens with zero attached hydrogens (tertiary/aromatic N) is 2. The maximum Gasteiger partial charge on any atom is 0.260 e. The Labute approximate surface area is 176 Å².